The number of carbonyl (C=O) groups is 2. The van der Waals surface area contributed by atoms with Gasteiger partial charge in [0.25, 0.3) is 0 Å². The second-order valence-corrected chi connectivity index (χ2v) is 11.9. The summed E-state index contributed by atoms with van der Waals surface area (Å²) in [6, 6.07) is 26.8. The molecule has 4 rings (SSSR count). The highest BCUT2D eigenvalue weighted by molar-refractivity contribution is 6.30. The lowest BCUT2D eigenvalue weighted by molar-refractivity contribution is -0.203. The first kappa shape index (κ1) is 33.2. The third-order valence-corrected chi connectivity index (χ3v) is 9.64. The number of ether oxygens (including phenoxy) is 2. The van der Waals surface area contributed by atoms with E-state index in [0.29, 0.717) is 17.0 Å². The van der Waals surface area contributed by atoms with Gasteiger partial charge in [0.05, 0.1) is 22.9 Å². The van der Waals surface area contributed by atoms with Crippen LogP contribution in [0.15, 0.2) is 84.9 Å². The van der Waals surface area contributed by atoms with Gasteiger partial charge in [-0.05, 0) is 55.0 Å². The number of nitrogens with zero attached hydrogens (tertiary/aromatic N) is 1. The van der Waals surface area contributed by atoms with E-state index in [0.717, 1.165) is 11.1 Å². The maximum absolute atomic E-state index is 14.0. The number of aliphatic carboxylic acids is 2. The second kappa shape index (κ2) is 14.4. The van der Waals surface area contributed by atoms with Crippen LogP contribution in [0.3, 0.4) is 0 Å². The average Bonchev–Trinajstić information content (AvgIpc) is 3.02. The number of halogens is 1. The summed E-state index contributed by atoms with van der Waals surface area (Å²) >= 11 is 6.48. The largest absolute Gasteiger partial charge is 0.481 e. The Balaban J connectivity index is 2.02. The highest BCUT2D eigenvalue weighted by Gasteiger charge is 2.69. The van der Waals surface area contributed by atoms with E-state index in [9.17, 15) is 25.1 Å². The molecule has 0 radical (unpaired) electrons. The number of methoxy groups -OCH3 is 2. The van der Waals surface area contributed by atoms with E-state index in [-0.39, 0.29) is 25.2 Å². The van der Waals surface area contributed by atoms with E-state index in [4.69, 9.17) is 21.1 Å². The molecule has 0 amide bonds. The van der Waals surface area contributed by atoms with Gasteiger partial charge in [0.1, 0.15) is 0 Å². The molecule has 9 heteroatoms. The Hall–Kier alpha value is -3.74. The van der Waals surface area contributed by atoms with Crippen molar-refractivity contribution < 1.29 is 29.3 Å². The van der Waals surface area contributed by atoms with Gasteiger partial charge in [-0.2, -0.15) is 5.26 Å². The zero-order valence-electron chi connectivity index (χ0n) is 25.2. The second-order valence-electron chi connectivity index (χ2n) is 11.5. The molecule has 0 spiro atoms. The van der Waals surface area contributed by atoms with Crippen LogP contribution in [0.25, 0.3) is 0 Å². The molecule has 1 aliphatic rings. The van der Waals surface area contributed by atoms with Gasteiger partial charge < -0.3 is 25.0 Å². The van der Waals surface area contributed by atoms with Crippen molar-refractivity contribution in [1.82, 2.24) is 5.32 Å². The number of piperidine rings is 1. The van der Waals surface area contributed by atoms with Crippen molar-refractivity contribution in [2.45, 2.75) is 62.8 Å². The number of nitriles is 1. The molecule has 5 unspecified atom stereocenters. The first-order valence-electron chi connectivity index (χ1n) is 14.7. The molecular formula is C35H39ClN2O6. The first-order chi connectivity index (χ1) is 21.2. The van der Waals surface area contributed by atoms with Gasteiger partial charge in [-0.3, -0.25) is 9.59 Å². The molecule has 0 aromatic heterocycles. The lowest BCUT2D eigenvalue weighted by atomic mass is 9.48. The maximum atomic E-state index is 14.0. The number of hydrogen-bond donors (Lipinski definition) is 3. The highest BCUT2D eigenvalue weighted by Crippen LogP contribution is 2.60. The monoisotopic (exact) mass is 618 g/mol. The van der Waals surface area contributed by atoms with Crippen molar-refractivity contribution in [2.24, 2.45) is 10.8 Å². The molecule has 44 heavy (non-hydrogen) atoms. The normalized spacial score (nSPS) is 25.1. The predicted octanol–water partition coefficient (Wildman–Crippen LogP) is 6.46. The summed E-state index contributed by atoms with van der Waals surface area (Å²) in [7, 11) is 2.87. The number of carboxylic acid groups (broad SMARTS) is 2. The summed E-state index contributed by atoms with van der Waals surface area (Å²) in [4.78, 5) is 27.6. The van der Waals surface area contributed by atoms with Crippen molar-refractivity contribution in [3.8, 4) is 6.07 Å². The summed E-state index contributed by atoms with van der Waals surface area (Å²) in [5, 5.41) is 35.8. The Labute approximate surface area is 263 Å². The molecule has 0 saturated carbocycles. The lowest BCUT2D eigenvalue weighted by Crippen LogP contribution is -2.73. The van der Waals surface area contributed by atoms with Crippen LogP contribution < -0.4 is 5.32 Å². The molecule has 5 atom stereocenters. The minimum atomic E-state index is -1.77. The number of carboxylic acids is 2. The van der Waals surface area contributed by atoms with E-state index in [2.05, 4.69) is 11.4 Å². The Morgan fingerprint density at radius 2 is 1.48 bits per heavy atom. The molecule has 1 aliphatic heterocycles. The fourth-order valence-corrected chi connectivity index (χ4v) is 7.61. The summed E-state index contributed by atoms with van der Waals surface area (Å²) in [5.41, 5.74) is -0.965. The summed E-state index contributed by atoms with van der Waals surface area (Å²) in [6.45, 7) is 1.72. The van der Waals surface area contributed by atoms with E-state index < -0.39 is 47.1 Å². The summed E-state index contributed by atoms with van der Waals surface area (Å²) < 4.78 is 11.4. The van der Waals surface area contributed by atoms with Crippen molar-refractivity contribution in [3.05, 3.63) is 107 Å². The Bertz CT molecular complexity index is 1420. The van der Waals surface area contributed by atoms with Crippen LogP contribution in [-0.4, -0.2) is 54.7 Å². The topological polar surface area (TPSA) is 129 Å². The minimum absolute atomic E-state index is 0.0587. The van der Waals surface area contributed by atoms with Gasteiger partial charge >= 0.3 is 11.9 Å². The van der Waals surface area contributed by atoms with Gasteiger partial charge in [-0.1, -0.05) is 84.4 Å². The van der Waals surface area contributed by atoms with Crippen LogP contribution in [0, 0.1) is 22.2 Å². The smallest absolute Gasteiger partial charge is 0.312 e. The third kappa shape index (κ3) is 6.11. The molecule has 1 heterocycles. The van der Waals surface area contributed by atoms with E-state index in [1.54, 1.807) is 31.2 Å². The van der Waals surface area contributed by atoms with Crippen molar-refractivity contribution in [3.63, 3.8) is 0 Å². The lowest BCUT2D eigenvalue weighted by Gasteiger charge is -2.59. The maximum Gasteiger partial charge on any atom is 0.312 e. The first-order valence-corrected chi connectivity index (χ1v) is 15.1. The van der Waals surface area contributed by atoms with E-state index in [1.165, 1.54) is 14.2 Å². The third-order valence-electron chi connectivity index (χ3n) is 9.40. The molecular weight excluding hydrogens is 580 g/mol. The fourth-order valence-electron chi connectivity index (χ4n) is 7.41. The minimum Gasteiger partial charge on any atom is -0.481 e. The molecule has 3 aromatic rings. The fraction of sp³-hybridized carbons (Fsp3) is 0.400. The highest BCUT2D eigenvalue weighted by atomic mass is 35.5. The van der Waals surface area contributed by atoms with Crippen LogP contribution in [0.1, 0.15) is 61.1 Å². The molecule has 8 nitrogen and oxygen atoms in total. The van der Waals surface area contributed by atoms with E-state index in [1.807, 2.05) is 60.7 Å². The Morgan fingerprint density at radius 1 is 0.909 bits per heavy atom. The zero-order valence-corrected chi connectivity index (χ0v) is 25.9. The molecule has 3 aromatic carbocycles. The van der Waals surface area contributed by atoms with Gasteiger partial charge in [0.2, 0.25) is 0 Å². The zero-order chi connectivity index (χ0) is 31.9. The number of nitrogens with one attached hydrogen (secondary N) is 1. The van der Waals surface area contributed by atoms with Crippen molar-refractivity contribution >= 4 is 23.5 Å². The molecule has 0 bridgehead atoms. The Morgan fingerprint density at radius 3 is 1.95 bits per heavy atom. The summed E-state index contributed by atoms with van der Waals surface area (Å²) in [5.74, 6) is -3.67. The van der Waals surface area contributed by atoms with Crippen LogP contribution in [0.5, 0.6) is 0 Å². The van der Waals surface area contributed by atoms with E-state index >= 15 is 0 Å². The van der Waals surface area contributed by atoms with Crippen molar-refractivity contribution in [2.75, 3.05) is 14.2 Å². The molecule has 1 fully saturated rings. The van der Waals surface area contributed by atoms with Crippen molar-refractivity contribution in [1.29, 1.82) is 5.26 Å². The SMILES string of the molecule is COC(OC)C1NC(C)C(CCC#N)(C(=O)O)C(c2cccc(Cl)c2)C1(CCC(c1ccccc1)c1ccccc1)C(=O)O. The number of rotatable bonds is 13. The standard InChI is InChI=1S/C35H39ClN2O6/c1-23-34(32(39)40,19-11-21-37)29(26-16-10-17-27(36)22-26)35(33(41)42,30(38-23)31(43-2)44-3)20-18-28(24-12-6-4-7-13-24)25-14-8-5-9-15-25/h4-10,12-17,22-23,28-31,38H,11,18-20H2,1-3H3,(H,39,40)(H,41,42). The van der Waals surface area contributed by atoms with Gasteiger partial charge in [-0.25, -0.2) is 0 Å². The number of hydrogen-bond acceptors (Lipinski definition) is 6. The van der Waals surface area contributed by atoms with Crippen LogP contribution in [-0.2, 0) is 19.1 Å². The summed E-state index contributed by atoms with van der Waals surface area (Å²) in [6.07, 6.45) is -0.743. The van der Waals surface area contributed by atoms with Crippen LogP contribution in [0.2, 0.25) is 5.02 Å². The predicted molar refractivity (Wildman–Crippen MR) is 167 cm³/mol. The average molecular weight is 619 g/mol. The van der Waals surface area contributed by atoms with Gasteiger partial charge in [0.15, 0.2) is 6.29 Å². The van der Waals surface area contributed by atoms with Crippen LogP contribution in [0.4, 0.5) is 0 Å². The molecule has 3 N–H and O–H groups in total. The van der Waals surface area contributed by atoms with Crippen LogP contribution >= 0.6 is 11.6 Å². The van der Waals surface area contributed by atoms with Gasteiger partial charge in [0, 0.05) is 43.5 Å². The molecule has 232 valence electrons. The Kier molecular flexibility index (Phi) is 10.8. The molecule has 1 saturated heterocycles. The quantitative estimate of drug-likeness (QED) is 0.186. The molecule has 0 aliphatic carbocycles. The van der Waals surface area contributed by atoms with Gasteiger partial charge in [-0.15, -0.1) is 0 Å². The number of benzene rings is 3.